The predicted molar refractivity (Wildman–Crippen MR) is 120 cm³/mol. The molecule has 1 fully saturated rings. The number of fused-ring (bicyclic) bond motifs is 1. The van der Waals surface area contributed by atoms with Gasteiger partial charge in [0.25, 0.3) is 11.6 Å². The summed E-state index contributed by atoms with van der Waals surface area (Å²) >= 11 is 1.34. The lowest BCUT2D eigenvalue weighted by molar-refractivity contribution is -0.120. The van der Waals surface area contributed by atoms with E-state index in [0.717, 1.165) is 42.9 Å². The lowest BCUT2D eigenvalue weighted by atomic mass is 9.76. The maximum atomic E-state index is 15.5. The third-order valence-electron chi connectivity index (χ3n) is 6.73. The number of carbonyl (C=O) groups is 1. The number of halogens is 3. The molecule has 0 saturated heterocycles. The third kappa shape index (κ3) is 7.00. The molecule has 4 rings (SSSR count). The number of nitrogens with zero attached hydrogens (tertiary/aromatic N) is 4. The van der Waals surface area contributed by atoms with E-state index in [1.54, 1.807) is 6.92 Å². The molecule has 0 bridgehead atoms. The van der Waals surface area contributed by atoms with Crippen molar-refractivity contribution in [2.75, 3.05) is 26.2 Å². The first-order valence-corrected chi connectivity index (χ1v) is 12.7. The number of alkyl halides is 3. The van der Waals surface area contributed by atoms with Gasteiger partial charge >= 0.3 is 0 Å². The highest BCUT2D eigenvalue weighted by Crippen LogP contribution is 2.39. The molecule has 1 saturated carbocycles. The summed E-state index contributed by atoms with van der Waals surface area (Å²) in [7, 11) is 0. The smallest absolute Gasteiger partial charge is 0.273 e. The van der Waals surface area contributed by atoms with Gasteiger partial charge in [0.1, 0.15) is 11.5 Å². The highest BCUT2D eigenvalue weighted by Gasteiger charge is 2.36. The maximum absolute atomic E-state index is 15.5. The molecule has 11 heteroatoms. The minimum Gasteiger partial charge on any atom is -0.464 e. The first-order valence-electron chi connectivity index (χ1n) is 11.9. The van der Waals surface area contributed by atoms with Gasteiger partial charge in [-0.2, -0.15) is 4.98 Å². The van der Waals surface area contributed by atoms with E-state index in [1.807, 2.05) is 0 Å². The van der Waals surface area contributed by atoms with Crippen molar-refractivity contribution in [3.05, 3.63) is 22.3 Å². The number of hydrogen-bond acceptors (Lipinski definition) is 8. The van der Waals surface area contributed by atoms with E-state index >= 15 is 4.39 Å². The molecule has 0 radical (unpaired) electrons. The van der Waals surface area contributed by atoms with Gasteiger partial charge in [-0.15, -0.1) is 0 Å². The lowest BCUT2D eigenvalue weighted by Gasteiger charge is -2.35. The van der Waals surface area contributed by atoms with E-state index in [-0.39, 0.29) is 18.1 Å². The topological polar surface area (TPSA) is 81.4 Å². The Morgan fingerprint density at radius 3 is 2.74 bits per heavy atom. The van der Waals surface area contributed by atoms with Gasteiger partial charge < -0.3 is 14.2 Å². The molecule has 1 aliphatic carbocycles. The van der Waals surface area contributed by atoms with Crippen LogP contribution in [0.2, 0.25) is 0 Å². The van der Waals surface area contributed by atoms with E-state index in [4.69, 9.17) is 9.26 Å². The Bertz CT molecular complexity index is 934. The molecule has 0 amide bonds. The fourth-order valence-corrected chi connectivity index (χ4v) is 5.75. The number of aromatic nitrogens is 3. The summed E-state index contributed by atoms with van der Waals surface area (Å²) in [5, 5.41) is 4.08. The van der Waals surface area contributed by atoms with Crippen molar-refractivity contribution < 1.29 is 27.2 Å². The summed E-state index contributed by atoms with van der Waals surface area (Å²) in [6.45, 7) is 3.31. The average molecular weight is 501 g/mol. The van der Waals surface area contributed by atoms with E-state index < -0.39 is 18.7 Å². The Morgan fingerprint density at radius 1 is 1.26 bits per heavy atom. The predicted octanol–water partition coefficient (Wildman–Crippen LogP) is 4.37. The van der Waals surface area contributed by atoms with E-state index in [0.29, 0.717) is 55.6 Å². The summed E-state index contributed by atoms with van der Waals surface area (Å²) in [6, 6.07) is 0. The number of ether oxygens (including phenoxy) is 1. The molecule has 0 N–H and O–H groups in total. The number of hydrogen-bond donors (Lipinski definition) is 0. The van der Waals surface area contributed by atoms with Crippen LogP contribution in [0.1, 0.15) is 60.8 Å². The second-order valence-electron chi connectivity index (χ2n) is 9.39. The number of ketones is 1. The molecule has 1 aliphatic heterocycles. The highest BCUT2D eigenvalue weighted by molar-refractivity contribution is 7.13. The summed E-state index contributed by atoms with van der Waals surface area (Å²) in [6.07, 6.45) is 2.48. The number of carbonyl (C=O) groups excluding carboxylic acids is 1. The molecule has 34 heavy (non-hydrogen) atoms. The van der Waals surface area contributed by atoms with Crippen LogP contribution in [-0.2, 0) is 24.1 Å². The van der Waals surface area contributed by atoms with E-state index in [9.17, 15) is 13.6 Å². The van der Waals surface area contributed by atoms with E-state index in [1.165, 1.54) is 11.3 Å². The van der Waals surface area contributed by atoms with Gasteiger partial charge in [-0.3, -0.25) is 4.79 Å². The van der Waals surface area contributed by atoms with Crippen molar-refractivity contribution in [2.45, 2.75) is 76.8 Å². The summed E-state index contributed by atoms with van der Waals surface area (Å²) in [4.78, 5) is 24.1. The molecule has 0 spiro atoms. The molecule has 0 unspecified atom stereocenters. The number of thiazole rings is 1. The van der Waals surface area contributed by atoms with Gasteiger partial charge in [-0.1, -0.05) is 16.5 Å². The van der Waals surface area contributed by atoms with Crippen molar-refractivity contribution >= 4 is 17.1 Å². The maximum Gasteiger partial charge on any atom is 0.273 e. The Balaban J connectivity index is 1.17. The Hall–Kier alpha value is -2.01. The number of aryl methyl sites for hydroxylation is 1. The largest absolute Gasteiger partial charge is 0.464 e. The summed E-state index contributed by atoms with van der Waals surface area (Å²) in [5.74, 6) is 1.15. The second-order valence-corrected chi connectivity index (χ2v) is 10.4. The van der Waals surface area contributed by atoms with E-state index in [2.05, 4.69) is 20.0 Å². The number of rotatable bonds is 10. The van der Waals surface area contributed by atoms with Crippen LogP contribution in [0.25, 0.3) is 0 Å². The lowest BCUT2D eigenvalue weighted by Crippen LogP contribution is -2.36. The van der Waals surface area contributed by atoms with Crippen LogP contribution in [0.3, 0.4) is 0 Å². The van der Waals surface area contributed by atoms with Crippen LogP contribution < -0.4 is 4.74 Å². The van der Waals surface area contributed by atoms with Gasteiger partial charge in [0.2, 0.25) is 5.89 Å². The molecule has 0 atom stereocenters. The minimum atomic E-state index is -2.51. The van der Waals surface area contributed by atoms with Gasteiger partial charge in [0.15, 0.2) is 12.4 Å². The van der Waals surface area contributed by atoms with Gasteiger partial charge in [0, 0.05) is 44.3 Å². The standard InChI is InChI=1S/C23H31F3N4O3S/c1-15-27-21(29-33-15)13-17(31)12-16-2-6-23(26,7-3-16)8-11-30-9-4-18-19(5-10-30)34-22(28-18)32-14-20(24)25/h16,20H,2-14H2,1H3. The van der Waals surface area contributed by atoms with Crippen LogP contribution in [0, 0.1) is 12.8 Å². The zero-order valence-corrected chi connectivity index (χ0v) is 20.2. The van der Waals surface area contributed by atoms with Crippen molar-refractivity contribution in [3.8, 4) is 5.19 Å². The fraction of sp³-hybridized carbons (Fsp3) is 0.739. The molecule has 2 aromatic rings. The highest BCUT2D eigenvalue weighted by atomic mass is 32.1. The van der Waals surface area contributed by atoms with Crippen LogP contribution in [0.5, 0.6) is 5.19 Å². The third-order valence-corrected chi connectivity index (χ3v) is 7.80. The Kier molecular flexibility index (Phi) is 8.23. The van der Waals surface area contributed by atoms with Crippen LogP contribution >= 0.6 is 11.3 Å². The zero-order chi connectivity index (χ0) is 24.1. The molecule has 188 valence electrons. The number of Topliss-reactive ketones (excluding diaryl/α,β-unsaturated/α-hetero) is 1. The Labute approximate surface area is 201 Å². The van der Waals surface area contributed by atoms with Crippen molar-refractivity contribution in [1.29, 1.82) is 0 Å². The van der Waals surface area contributed by atoms with Gasteiger partial charge in [-0.05, 0) is 44.4 Å². The SMILES string of the molecule is Cc1nc(CC(=O)CC2CCC(F)(CCN3CCc4nc(OCC(F)F)sc4CC3)CC2)no1. The van der Waals surface area contributed by atoms with Gasteiger partial charge in [0.05, 0.1) is 12.1 Å². The van der Waals surface area contributed by atoms with Crippen LogP contribution in [0.15, 0.2) is 4.52 Å². The van der Waals surface area contributed by atoms with Crippen LogP contribution in [0.4, 0.5) is 13.2 Å². The van der Waals surface area contributed by atoms with Crippen LogP contribution in [-0.4, -0.2) is 64.1 Å². The molecule has 7 nitrogen and oxygen atoms in total. The molecule has 0 aromatic carbocycles. The van der Waals surface area contributed by atoms with Crippen molar-refractivity contribution in [1.82, 2.24) is 20.0 Å². The monoisotopic (exact) mass is 500 g/mol. The Morgan fingerprint density at radius 2 is 2.03 bits per heavy atom. The summed E-state index contributed by atoms with van der Waals surface area (Å²) < 4.78 is 50.1. The molecule has 2 aromatic heterocycles. The van der Waals surface area contributed by atoms with Gasteiger partial charge in [-0.25, -0.2) is 18.2 Å². The first kappa shape index (κ1) is 25.1. The minimum absolute atomic E-state index is 0.0746. The fourth-order valence-electron chi connectivity index (χ4n) is 4.80. The molecular weight excluding hydrogens is 469 g/mol. The molecule has 2 aliphatic rings. The van der Waals surface area contributed by atoms with Crippen molar-refractivity contribution in [3.63, 3.8) is 0 Å². The quantitative estimate of drug-likeness (QED) is 0.479. The van der Waals surface area contributed by atoms with Crippen molar-refractivity contribution in [2.24, 2.45) is 5.92 Å². The molecule has 3 heterocycles. The zero-order valence-electron chi connectivity index (χ0n) is 19.4. The second kappa shape index (κ2) is 11.2. The molecular formula is C23H31F3N4O3S. The average Bonchev–Trinajstić information content (AvgIpc) is 3.33. The first-order chi connectivity index (χ1) is 16.3. The normalized spacial score (nSPS) is 23.6. The summed E-state index contributed by atoms with van der Waals surface area (Å²) in [5.41, 5.74) is -0.274.